The highest BCUT2D eigenvalue weighted by atomic mass is 16.2. The predicted octanol–water partition coefficient (Wildman–Crippen LogP) is -1.45. The standard InChI is InChI=1S/C14H16N8O3/c23-9-5-22(14(25)19-9)6-10(24)20-1-3-21(4-2-20)13-11-12(16-7-15-11)17-8-18-13/h7-8H,1-6H2,(H,19,23,25)(H,15,16,17,18). The monoisotopic (exact) mass is 344 g/mol. The zero-order valence-corrected chi connectivity index (χ0v) is 13.3. The molecule has 2 aliphatic heterocycles. The maximum atomic E-state index is 12.4. The summed E-state index contributed by atoms with van der Waals surface area (Å²) in [6.45, 7) is 2.10. The molecule has 0 saturated carbocycles. The van der Waals surface area contributed by atoms with Crippen LogP contribution in [0.1, 0.15) is 0 Å². The summed E-state index contributed by atoms with van der Waals surface area (Å²) in [5.41, 5.74) is 1.38. The molecule has 2 aromatic rings. The van der Waals surface area contributed by atoms with Gasteiger partial charge in [0.25, 0.3) is 0 Å². The fourth-order valence-electron chi connectivity index (χ4n) is 3.03. The first-order valence-corrected chi connectivity index (χ1v) is 7.87. The highest BCUT2D eigenvalue weighted by Crippen LogP contribution is 2.20. The molecule has 130 valence electrons. The molecule has 2 N–H and O–H groups in total. The van der Waals surface area contributed by atoms with Crippen LogP contribution in [0, 0.1) is 0 Å². The third-order valence-corrected chi connectivity index (χ3v) is 4.33. The largest absolute Gasteiger partial charge is 0.351 e. The van der Waals surface area contributed by atoms with Gasteiger partial charge in [-0.2, -0.15) is 0 Å². The van der Waals surface area contributed by atoms with Crippen LogP contribution in [0.15, 0.2) is 12.7 Å². The molecule has 4 rings (SSSR count). The first-order chi connectivity index (χ1) is 12.1. The number of aromatic amines is 1. The molecule has 25 heavy (non-hydrogen) atoms. The molecule has 0 aliphatic carbocycles. The van der Waals surface area contributed by atoms with E-state index in [9.17, 15) is 14.4 Å². The summed E-state index contributed by atoms with van der Waals surface area (Å²) in [7, 11) is 0. The van der Waals surface area contributed by atoms with Crippen molar-refractivity contribution in [2.24, 2.45) is 0 Å². The molecular weight excluding hydrogens is 328 g/mol. The molecule has 2 aliphatic rings. The fraction of sp³-hybridized carbons (Fsp3) is 0.429. The van der Waals surface area contributed by atoms with Crippen molar-refractivity contribution in [3.63, 3.8) is 0 Å². The Morgan fingerprint density at radius 1 is 1.12 bits per heavy atom. The van der Waals surface area contributed by atoms with Gasteiger partial charge in [0.2, 0.25) is 11.8 Å². The number of piperazine rings is 1. The number of amides is 4. The summed E-state index contributed by atoms with van der Waals surface area (Å²) in [4.78, 5) is 55.6. The molecule has 2 saturated heterocycles. The van der Waals surface area contributed by atoms with Gasteiger partial charge in [-0.1, -0.05) is 0 Å². The van der Waals surface area contributed by atoms with Gasteiger partial charge in [0, 0.05) is 26.2 Å². The van der Waals surface area contributed by atoms with Crippen LogP contribution in [0.4, 0.5) is 10.6 Å². The predicted molar refractivity (Wildman–Crippen MR) is 85.6 cm³/mol. The van der Waals surface area contributed by atoms with Gasteiger partial charge >= 0.3 is 6.03 Å². The Bertz CT molecular complexity index is 841. The Hall–Kier alpha value is -3.24. The van der Waals surface area contributed by atoms with Crippen LogP contribution < -0.4 is 10.2 Å². The van der Waals surface area contributed by atoms with E-state index < -0.39 is 6.03 Å². The highest BCUT2D eigenvalue weighted by molar-refractivity contribution is 6.03. The maximum Gasteiger partial charge on any atom is 0.325 e. The Kier molecular flexibility index (Phi) is 3.67. The van der Waals surface area contributed by atoms with E-state index in [1.807, 2.05) is 0 Å². The molecule has 4 amide bonds. The first kappa shape index (κ1) is 15.3. The Balaban J connectivity index is 1.38. The van der Waals surface area contributed by atoms with E-state index in [1.165, 1.54) is 11.2 Å². The fourth-order valence-corrected chi connectivity index (χ4v) is 3.03. The van der Waals surface area contributed by atoms with Crippen LogP contribution in [0.5, 0.6) is 0 Å². The van der Waals surface area contributed by atoms with E-state index in [4.69, 9.17) is 0 Å². The lowest BCUT2D eigenvalue weighted by Crippen LogP contribution is -2.51. The number of carbonyl (C=O) groups excluding carboxylic acids is 3. The van der Waals surface area contributed by atoms with Gasteiger partial charge in [-0.05, 0) is 0 Å². The van der Waals surface area contributed by atoms with E-state index in [-0.39, 0.29) is 24.9 Å². The van der Waals surface area contributed by atoms with Crippen LogP contribution in [-0.4, -0.2) is 86.8 Å². The molecule has 11 nitrogen and oxygen atoms in total. The summed E-state index contributed by atoms with van der Waals surface area (Å²) in [5, 5.41) is 2.16. The number of H-pyrrole nitrogens is 1. The minimum atomic E-state index is -0.514. The lowest BCUT2D eigenvalue weighted by molar-refractivity contribution is -0.132. The number of aromatic nitrogens is 4. The lowest BCUT2D eigenvalue weighted by Gasteiger charge is -2.35. The number of nitrogens with one attached hydrogen (secondary N) is 2. The second kappa shape index (κ2) is 6.00. The zero-order chi connectivity index (χ0) is 17.4. The van der Waals surface area contributed by atoms with Crippen molar-refractivity contribution >= 4 is 34.8 Å². The van der Waals surface area contributed by atoms with Crippen LogP contribution >= 0.6 is 0 Å². The van der Waals surface area contributed by atoms with Gasteiger partial charge in [-0.3, -0.25) is 14.9 Å². The van der Waals surface area contributed by atoms with E-state index in [1.54, 1.807) is 11.2 Å². The van der Waals surface area contributed by atoms with Crippen molar-refractivity contribution < 1.29 is 14.4 Å². The van der Waals surface area contributed by atoms with Gasteiger partial charge in [0.05, 0.1) is 6.33 Å². The second-order valence-corrected chi connectivity index (χ2v) is 5.88. The summed E-state index contributed by atoms with van der Waals surface area (Å²) in [6.07, 6.45) is 3.05. The van der Waals surface area contributed by atoms with Crippen molar-refractivity contribution in [1.29, 1.82) is 0 Å². The van der Waals surface area contributed by atoms with Crippen LogP contribution in [0.25, 0.3) is 11.2 Å². The van der Waals surface area contributed by atoms with Crippen LogP contribution in [0.2, 0.25) is 0 Å². The minimum Gasteiger partial charge on any atom is -0.351 e. The van der Waals surface area contributed by atoms with Gasteiger partial charge in [0.15, 0.2) is 11.5 Å². The van der Waals surface area contributed by atoms with Gasteiger partial charge < -0.3 is 19.7 Å². The number of imide groups is 1. The van der Waals surface area contributed by atoms with Gasteiger partial charge in [-0.25, -0.2) is 19.7 Å². The topological polar surface area (TPSA) is 127 Å². The molecule has 4 heterocycles. The molecule has 0 atom stereocenters. The number of fused-ring (bicyclic) bond motifs is 1. The molecule has 2 aromatic heterocycles. The van der Waals surface area contributed by atoms with E-state index in [2.05, 4.69) is 30.2 Å². The van der Waals surface area contributed by atoms with Crippen LogP contribution in [0.3, 0.4) is 0 Å². The number of anilines is 1. The third kappa shape index (κ3) is 2.84. The van der Waals surface area contributed by atoms with E-state index in [0.29, 0.717) is 31.8 Å². The number of urea groups is 1. The molecular formula is C14H16N8O3. The Labute approximate surface area is 142 Å². The molecule has 0 radical (unpaired) electrons. The lowest BCUT2D eigenvalue weighted by atomic mass is 10.3. The normalized spacial score (nSPS) is 18.2. The minimum absolute atomic E-state index is 0.0662. The Morgan fingerprint density at radius 3 is 2.64 bits per heavy atom. The van der Waals surface area contributed by atoms with Crippen LogP contribution in [-0.2, 0) is 9.59 Å². The SMILES string of the molecule is O=C1CN(CC(=O)N2CCN(c3ncnc4nc[nH]c34)CC2)C(=O)N1. The molecule has 0 bridgehead atoms. The molecule has 2 fully saturated rings. The first-order valence-electron chi connectivity index (χ1n) is 7.87. The van der Waals surface area contributed by atoms with Crippen molar-refractivity contribution in [1.82, 2.24) is 35.1 Å². The summed E-state index contributed by atoms with van der Waals surface area (Å²) >= 11 is 0. The average Bonchev–Trinajstić information content (AvgIpc) is 3.21. The smallest absolute Gasteiger partial charge is 0.325 e. The van der Waals surface area contributed by atoms with E-state index >= 15 is 0 Å². The number of hydrogen-bond acceptors (Lipinski definition) is 7. The average molecular weight is 344 g/mol. The van der Waals surface area contributed by atoms with Crippen molar-refractivity contribution in [2.45, 2.75) is 0 Å². The third-order valence-electron chi connectivity index (χ3n) is 4.33. The number of carbonyl (C=O) groups is 3. The van der Waals surface area contributed by atoms with Gasteiger partial charge in [0.1, 0.15) is 24.9 Å². The van der Waals surface area contributed by atoms with Gasteiger partial charge in [-0.15, -0.1) is 0 Å². The molecule has 0 spiro atoms. The van der Waals surface area contributed by atoms with Crippen molar-refractivity contribution in [3.8, 4) is 0 Å². The number of hydrogen-bond donors (Lipinski definition) is 2. The molecule has 0 aromatic carbocycles. The summed E-state index contributed by atoms with van der Waals surface area (Å²) in [6, 6.07) is -0.514. The molecule has 11 heteroatoms. The zero-order valence-electron chi connectivity index (χ0n) is 13.3. The second-order valence-electron chi connectivity index (χ2n) is 5.88. The van der Waals surface area contributed by atoms with Crippen molar-refractivity contribution in [3.05, 3.63) is 12.7 Å². The molecule has 0 unspecified atom stereocenters. The maximum absolute atomic E-state index is 12.4. The number of rotatable bonds is 3. The summed E-state index contributed by atoms with van der Waals surface area (Å²) in [5.74, 6) is 0.216. The highest BCUT2D eigenvalue weighted by Gasteiger charge is 2.31. The van der Waals surface area contributed by atoms with Crippen molar-refractivity contribution in [2.75, 3.05) is 44.2 Å². The summed E-state index contributed by atoms with van der Waals surface area (Å²) < 4.78 is 0. The number of imidazole rings is 1. The van der Waals surface area contributed by atoms with E-state index in [0.717, 1.165) is 11.3 Å². The Morgan fingerprint density at radius 2 is 1.92 bits per heavy atom. The quantitative estimate of drug-likeness (QED) is 0.652. The number of nitrogens with zero attached hydrogens (tertiary/aromatic N) is 6.